The van der Waals surface area contributed by atoms with Crippen LogP contribution >= 0.6 is 0 Å². The average molecular weight is 533 g/mol. The topological polar surface area (TPSA) is 94.5 Å². The highest BCUT2D eigenvalue weighted by atomic mass is 16.5. The molecule has 0 spiro atoms. The molecule has 206 valence electrons. The molecule has 0 amide bonds. The molecule has 39 heavy (non-hydrogen) atoms. The van der Waals surface area contributed by atoms with Crippen LogP contribution in [0.15, 0.2) is 54.6 Å². The van der Waals surface area contributed by atoms with E-state index >= 15 is 0 Å². The molecule has 5 rings (SSSR count). The van der Waals surface area contributed by atoms with Gasteiger partial charge in [-0.3, -0.25) is 4.79 Å². The fourth-order valence-electron chi connectivity index (χ4n) is 5.42. The number of aliphatic carboxylic acids is 1. The molecule has 0 bridgehead atoms. The third-order valence-electron chi connectivity index (χ3n) is 7.48. The van der Waals surface area contributed by atoms with E-state index in [0.29, 0.717) is 44.3 Å². The summed E-state index contributed by atoms with van der Waals surface area (Å²) in [7, 11) is 0. The lowest BCUT2D eigenvalue weighted by Crippen LogP contribution is -2.41. The van der Waals surface area contributed by atoms with Crippen LogP contribution in [0.3, 0.4) is 0 Å². The van der Waals surface area contributed by atoms with Crippen molar-refractivity contribution < 1.29 is 34.0 Å². The van der Waals surface area contributed by atoms with E-state index in [2.05, 4.69) is 38.1 Å². The molecule has 1 fully saturated rings. The summed E-state index contributed by atoms with van der Waals surface area (Å²) in [6.07, 6.45) is 1.55. The summed E-state index contributed by atoms with van der Waals surface area (Å²) in [5.74, 6) is 1.26. The Bertz CT molecular complexity index is 1310. The molecule has 3 aromatic rings. The number of carboxylic acid groups (broad SMARTS) is 1. The Balaban J connectivity index is 1.22. The molecule has 2 aliphatic heterocycles. The second kappa shape index (κ2) is 11.3. The van der Waals surface area contributed by atoms with Crippen LogP contribution in [-0.4, -0.2) is 47.7 Å². The molecule has 2 heterocycles. The van der Waals surface area contributed by atoms with Crippen LogP contribution in [-0.2, 0) is 16.1 Å². The van der Waals surface area contributed by atoms with Crippen LogP contribution in [0.5, 0.6) is 17.2 Å². The van der Waals surface area contributed by atoms with Crippen LogP contribution < -0.4 is 14.2 Å². The van der Waals surface area contributed by atoms with Crippen LogP contribution in [0.2, 0.25) is 0 Å². The molecule has 2 aliphatic rings. The van der Waals surface area contributed by atoms with Crippen molar-refractivity contribution in [2.75, 3.05) is 19.8 Å². The minimum Gasteiger partial charge on any atom is -0.492 e. The van der Waals surface area contributed by atoms with Gasteiger partial charge in [0.1, 0.15) is 30.5 Å². The second-order valence-electron chi connectivity index (χ2n) is 11.0. The lowest BCUT2D eigenvalue weighted by atomic mass is 9.94. The number of ether oxygens (including phenoxy) is 4. The maximum Gasteiger partial charge on any atom is 0.304 e. The number of carboxylic acids is 1. The van der Waals surface area contributed by atoms with E-state index in [1.165, 1.54) is 5.56 Å². The van der Waals surface area contributed by atoms with Gasteiger partial charge in [0.25, 0.3) is 0 Å². The van der Waals surface area contributed by atoms with E-state index in [9.17, 15) is 9.90 Å². The molecule has 7 nitrogen and oxygen atoms in total. The summed E-state index contributed by atoms with van der Waals surface area (Å²) in [4.78, 5) is 11.1. The summed E-state index contributed by atoms with van der Waals surface area (Å²) in [5, 5.41) is 19.2. The molecular formula is C32H36O7. The first kappa shape index (κ1) is 27.0. The molecule has 3 aromatic carbocycles. The first-order valence-corrected chi connectivity index (χ1v) is 13.5. The smallest absolute Gasteiger partial charge is 0.304 e. The highest BCUT2D eigenvalue weighted by Crippen LogP contribution is 2.38. The van der Waals surface area contributed by atoms with Gasteiger partial charge in [-0.05, 0) is 85.7 Å². The number of hydrogen-bond acceptors (Lipinski definition) is 6. The Hall–Kier alpha value is -3.55. The minimum absolute atomic E-state index is 0.00870. The second-order valence-corrected chi connectivity index (χ2v) is 11.0. The predicted molar refractivity (Wildman–Crippen MR) is 148 cm³/mol. The highest BCUT2D eigenvalue weighted by Gasteiger charge is 2.30. The van der Waals surface area contributed by atoms with Crippen LogP contribution in [0, 0.1) is 13.8 Å². The summed E-state index contributed by atoms with van der Waals surface area (Å²) in [6, 6.07) is 18.1. The van der Waals surface area contributed by atoms with Crippen molar-refractivity contribution in [2.24, 2.45) is 0 Å². The zero-order chi connectivity index (χ0) is 27.6. The zero-order valence-electron chi connectivity index (χ0n) is 22.7. The number of fused-ring (bicyclic) bond motifs is 1. The van der Waals surface area contributed by atoms with Gasteiger partial charge in [-0.1, -0.05) is 24.3 Å². The van der Waals surface area contributed by atoms with E-state index < -0.39 is 11.6 Å². The van der Waals surface area contributed by atoms with Crippen molar-refractivity contribution in [3.8, 4) is 28.4 Å². The van der Waals surface area contributed by atoms with Gasteiger partial charge >= 0.3 is 5.97 Å². The summed E-state index contributed by atoms with van der Waals surface area (Å²) in [6.45, 7) is 7.58. The van der Waals surface area contributed by atoms with E-state index in [0.717, 1.165) is 40.0 Å². The Morgan fingerprint density at radius 1 is 1.05 bits per heavy atom. The molecule has 7 heteroatoms. The molecule has 0 saturated carbocycles. The normalized spacial score (nSPS) is 22.2. The summed E-state index contributed by atoms with van der Waals surface area (Å²) < 4.78 is 23.6. The highest BCUT2D eigenvalue weighted by molar-refractivity contribution is 5.72. The summed E-state index contributed by atoms with van der Waals surface area (Å²) in [5.41, 5.74) is 5.76. The van der Waals surface area contributed by atoms with Crippen molar-refractivity contribution in [1.29, 1.82) is 0 Å². The molecule has 2 N–H and O–H groups in total. The Morgan fingerprint density at radius 2 is 1.85 bits per heavy atom. The molecule has 3 atom stereocenters. The van der Waals surface area contributed by atoms with Gasteiger partial charge in [0.2, 0.25) is 0 Å². The number of rotatable bonds is 9. The fourth-order valence-corrected chi connectivity index (χ4v) is 5.42. The molecule has 1 saturated heterocycles. The van der Waals surface area contributed by atoms with E-state index in [-0.39, 0.29) is 18.4 Å². The molecule has 0 radical (unpaired) electrons. The molecule has 0 aliphatic carbocycles. The van der Waals surface area contributed by atoms with Crippen molar-refractivity contribution in [3.63, 3.8) is 0 Å². The number of aryl methyl sites for hydroxylation is 2. The predicted octanol–water partition coefficient (Wildman–Crippen LogP) is 5.81. The van der Waals surface area contributed by atoms with E-state index in [1.54, 1.807) is 6.92 Å². The number of aliphatic hydroxyl groups is 1. The SMILES string of the molecule is Cc1cc(OC[C@@H]2CC[C@](C)(O)CO2)cc(C)c1-c1cccc(COc2ccc3c(c2)OCC3CC(=O)O)c1. The number of benzene rings is 3. The van der Waals surface area contributed by atoms with Crippen LogP contribution in [0.4, 0.5) is 0 Å². The first-order chi connectivity index (χ1) is 18.7. The van der Waals surface area contributed by atoms with Gasteiger partial charge in [0, 0.05) is 17.5 Å². The number of carbonyl (C=O) groups is 1. The maximum absolute atomic E-state index is 11.1. The van der Waals surface area contributed by atoms with Crippen molar-refractivity contribution in [3.05, 3.63) is 76.9 Å². The minimum atomic E-state index is -0.825. The molecular weight excluding hydrogens is 496 g/mol. The quantitative estimate of drug-likeness (QED) is 0.359. The van der Waals surface area contributed by atoms with Crippen LogP contribution in [0.1, 0.15) is 54.4 Å². The number of hydrogen-bond donors (Lipinski definition) is 2. The standard InChI is InChI=1S/C32H36O7/c1-20-11-27(37-18-26-9-10-32(3,35)19-39-26)12-21(2)31(20)23-6-4-5-22(13-23)16-36-25-7-8-28-24(14-30(33)34)17-38-29(28)15-25/h4-8,11-13,15,24,26,35H,9-10,14,16-19H2,1-3H3,(H,33,34)/t24?,26-,32-/m0/s1. The van der Waals surface area contributed by atoms with Gasteiger partial charge < -0.3 is 29.2 Å². The zero-order valence-corrected chi connectivity index (χ0v) is 22.7. The van der Waals surface area contributed by atoms with Crippen LogP contribution in [0.25, 0.3) is 11.1 Å². The van der Waals surface area contributed by atoms with Crippen molar-refractivity contribution >= 4 is 5.97 Å². The average Bonchev–Trinajstić information content (AvgIpc) is 3.28. The lowest BCUT2D eigenvalue weighted by molar-refractivity contribution is -0.137. The Labute approximate surface area is 229 Å². The third kappa shape index (κ3) is 6.54. The monoisotopic (exact) mass is 532 g/mol. The Kier molecular flexibility index (Phi) is 7.82. The largest absolute Gasteiger partial charge is 0.492 e. The van der Waals surface area contributed by atoms with E-state index in [4.69, 9.17) is 24.1 Å². The maximum atomic E-state index is 11.1. The van der Waals surface area contributed by atoms with Gasteiger partial charge in [-0.25, -0.2) is 0 Å². The van der Waals surface area contributed by atoms with Crippen molar-refractivity contribution in [1.82, 2.24) is 0 Å². The molecule has 0 aromatic heterocycles. The molecule has 1 unspecified atom stereocenters. The Morgan fingerprint density at radius 3 is 2.56 bits per heavy atom. The van der Waals surface area contributed by atoms with Gasteiger partial charge in [0.05, 0.1) is 31.3 Å². The van der Waals surface area contributed by atoms with Gasteiger partial charge in [0.15, 0.2) is 0 Å². The third-order valence-corrected chi connectivity index (χ3v) is 7.48. The van der Waals surface area contributed by atoms with Gasteiger partial charge in [-0.15, -0.1) is 0 Å². The van der Waals surface area contributed by atoms with Crippen molar-refractivity contribution in [2.45, 2.75) is 64.3 Å². The van der Waals surface area contributed by atoms with Gasteiger partial charge in [-0.2, -0.15) is 0 Å². The lowest BCUT2D eigenvalue weighted by Gasteiger charge is -2.33. The summed E-state index contributed by atoms with van der Waals surface area (Å²) >= 11 is 0. The first-order valence-electron chi connectivity index (χ1n) is 13.5. The fraction of sp³-hybridized carbons (Fsp3) is 0.406. The van der Waals surface area contributed by atoms with E-state index in [1.807, 2.05) is 30.3 Å².